The van der Waals surface area contributed by atoms with Gasteiger partial charge in [0.1, 0.15) is 12.7 Å². The Morgan fingerprint density at radius 3 is 1.80 bits per heavy atom. The molecule has 0 aliphatic heterocycles. The standard InChI is InChI=1S/C46H53N3S2/c1-5-7-9-11-13-15-17-34-28-42(36(24-33(34)4)18-16-14-12-10-8-6-2)38-25-37(26-39(27-38)49-30-47-48-31-49)35-20-22-41-44(29-35)51-45-40-21-19-32(3)23-43(40)50-46(41)45/h19-31H,5-18H2,1-4H3. The molecule has 3 aromatic heterocycles. The van der Waals surface area contributed by atoms with Crippen molar-refractivity contribution in [2.24, 2.45) is 0 Å². The Hall–Kier alpha value is -3.80. The van der Waals surface area contributed by atoms with E-state index in [1.807, 2.05) is 35.3 Å². The maximum absolute atomic E-state index is 4.18. The second-order valence-electron chi connectivity index (χ2n) is 14.7. The molecule has 7 aromatic rings. The highest BCUT2D eigenvalue weighted by Crippen LogP contribution is 2.45. The van der Waals surface area contributed by atoms with Gasteiger partial charge in [-0.2, -0.15) is 0 Å². The summed E-state index contributed by atoms with van der Waals surface area (Å²) in [6, 6.07) is 26.1. The third-order valence-corrected chi connectivity index (χ3v) is 13.2. The van der Waals surface area contributed by atoms with Crippen LogP contribution in [-0.4, -0.2) is 14.8 Å². The van der Waals surface area contributed by atoms with Gasteiger partial charge < -0.3 is 0 Å². The average Bonchev–Trinajstić information content (AvgIpc) is 3.88. The smallest absolute Gasteiger partial charge is 0.123 e. The van der Waals surface area contributed by atoms with Gasteiger partial charge in [-0.3, -0.25) is 4.57 Å². The monoisotopic (exact) mass is 711 g/mol. The van der Waals surface area contributed by atoms with Crippen LogP contribution >= 0.6 is 22.7 Å². The first-order valence-electron chi connectivity index (χ1n) is 19.5. The summed E-state index contributed by atoms with van der Waals surface area (Å²) in [5.74, 6) is 0. The van der Waals surface area contributed by atoms with E-state index >= 15 is 0 Å². The summed E-state index contributed by atoms with van der Waals surface area (Å²) in [6.07, 6.45) is 21.8. The minimum atomic E-state index is 1.10. The summed E-state index contributed by atoms with van der Waals surface area (Å²) in [6.45, 7) is 9.12. The Balaban J connectivity index is 1.27. The number of rotatable bonds is 17. The van der Waals surface area contributed by atoms with Crippen LogP contribution in [0.25, 0.3) is 57.5 Å². The molecule has 0 N–H and O–H groups in total. The third kappa shape index (κ3) is 8.16. The lowest BCUT2D eigenvalue weighted by molar-refractivity contribution is 0.605. The van der Waals surface area contributed by atoms with Crippen LogP contribution in [0.1, 0.15) is 113 Å². The summed E-state index contributed by atoms with van der Waals surface area (Å²) in [4.78, 5) is 0. The summed E-state index contributed by atoms with van der Waals surface area (Å²) >= 11 is 3.87. The van der Waals surface area contributed by atoms with Gasteiger partial charge in [0, 0.05) is 25.9 Å². The van der Waals surface area contributed by atoms with Crippen molar-refractivity contribution in [2.75, 3.05) is 0 Å². The quantitative estimate of drug-likeness (QED) is 0.0881. The Bertz CT molecular complexity index is 2220. The van der Waals surface area contributed by atoms with Gasteiger partial charge in [0.25, 0.3) is 0 Å². The molecule has 3 heterocycles. The number of aromatic nitrogens is 3. The van der Waals surface area contributed by atoms with Crippen molar-refractivity contribution in [1.82, 2.24) is 14.8 Å². The van der Waals surface area contributed by atoms with Gasteiger partial charge >= 0.3 is 0 Å². The predicted octanol–water partition coefficient (Wildman–Crippen LogP) is 14.6. The number of thiophene rings is 2. The van der Waals surface area contributed by atoms with Crippen molar-refractivity contribution in [3.63, 3.8) is 0 Å². The van der Waals surface area contributed by atoms with Crippen LogP contribution in [-0.2, 0) is 12.8 Å². The Labute approximate surface area is 312 Å². The Kier molecular flexibility index (Phi) is 11.6. The predicted molar refractivity (Wildman–Crippen MR) is 224 cm³/mol. The zero-order valence-electron chi connectivity index (χ0n) is 31.1. The molecule has 264 valence electrons. The van der Waals surface area contributed by atoms with E-state index in [0.29, 0.717) is 0 Å². The van der Waals surface area contributed by atoms with Crippen molar-refractivity contribution in [2.45, 2.75) is 118 Å². The zero-order valence-corrected chi connectivity index (χ0v) is 32.7. The first-order chi connectivity index (χ1) is 25.0. The fourth-order valence-electron chi connectivity index (χ4n) is 7.71. The molecular weight excluding hydrogens is 659 g/mol. The zero-order chi connectivity index (χ0) is 35.2. The molecular formula is C46H53N3S2. The van der Waals surface area contributed by atoms with Gasteiger partial charge in [-0.1, -0.05) is 114 Å². The molecule has 3 nitrogen and oxygen atoms in total. The number of hydrogen-bond donors (Lipinski definition) is 0. The van der Waals surface area contributed by atoms with E-state index in [2.05, 4.69) is 109 Å². The maximum atomic E-state index is 4.18. The molecule has 0 unspecified atom stereocenters. The molecule has 0 spiro atoms. The van der Waals surface area contributed by atoms with Gasteiger partial charge in [0.2, 0.25) is 0 Å². The summed E-state index contributed by atoms with van der Waals surface area (Å²) in [7, 11) is 0. The lowest BCUT2D eigenvalue weighted by Gasteiger charge is -2.18. The minimum absolute atomic E-state index is 1.10. The summed E-state index contributed by atoms with van der Waals surface area (Å²) < 4.78 is 7.63. The highest BCUT2D eigenvalue weighted by molar-refractivity contribution is 7.36. The van der Waals surface area contributed by atoms with E-state index in [-0.39, 0.29) is 0 Å². The van der Waals surface area contributed by atoms with Crippen molar-refractivity contribution < 1.29 is 0 Å². The van der Waals surface area contributed by atoms with Crippen LogP contribution in [0.2, 0.25) is 0 Å². The van der Waals surface area contributed by atoms with Crippen LogP contribution in [0.15, 0.2) is 79.4 Å². The number of benzene rings is 4. The molecule has 0 amide bonds. The summed E-state index contributed by atoms with van der Waals surface area (Å²) in [5, 5.41) is 11.1. The number of unbranched alkanes of at least 4 members (excludes halogenated alkanes) is 10. The van der Waals surface area contributed by atoms with Crippen LogP contribution in [0, 0.1) is 13.8 Å². The molecule has 0 aliphatic rings. The van der Waals surface area contributed by atoms with Gasteiger partial charge in [0.15, 0.2) is 0 Å². The first kappa shape index (κ1) is 35.6. The van der Waals surface area contributed by atoms with Crippen LogP contribution in [0.5, 0.6) is 0 Å². The van der Waals surface area contributed by atoms with Crippen molar-refractivity contribution in [1.29, 1.82) is 0 Å². The molecule has 0 bridgehead atoms. The first-order valence-corrected chi connectivity index (χ1v) is 21.1. The fraction of sp³-hybridized carbons (Fsp3) is 0.391. The second-order valence-corrected chi connectivity index (χ2v) is 16.8. The fourth-order valence-corrected chi connectivity index (χ4v) is 10.5. The molecule has 0 aliphatic carbocycles. The lowest BCUT2D eigenvalue weighted by atomic mass is 9.88. The molecule has 5 heteroatoms. The number of fused-ring (bicyclic) bond motifs is 5. The van der Waals surface area contributed by atoms with E-state index in [1.165, 1.54) is 151 Å². The molecule has 0 saturated carbocycles. The highest BCUT2D eigenvalue weighted by Gasteiger charge is 2.16. The second kappa shape index (κ2) is 16.7. The molecule has 0 fully saturated rings. The topological polar surface area (TPSA) is 30.7 Å². The van der Waals surface area contributed by atoms with Crippen LogP contribution in [0.3, 0.4) is 0 Å². The SMILES string of the molecule is CCCCCCCCc1cc(-c2cc(-c3ccc4c(c3)sc3c5ccc(C)cc5sc43)cc(-n3cnnc3)c2)c(CCCCCCCC)cc1C. The van der Waals surface area contributed by atoms with E-state index < -0.39 is 0 Å². The van der Waals surface area contributed by atoms with Crippen molar-refractivity contribution >= 4 is 52.2 Å². The minimum Gasteiger partial charge on any atom is -0.288 e. The van der Waals surface area contributed by atoms with Crippen LogP contribution < -0.4 is 0 Å². The summed E-state index contributed by atoms with van der Waals surface area (Å²) in [5.41, 5.74) is 12.0. The van der Waals surface area contributed by atoms with Crippen molar-refractivity contribution in [3.8, 4) is 27.9 Å². The molecule has 51 heavy (non-hydrogen) atoms. The average molecular weight is 712 g/mol. The molecule has 7 rings (SSSR count). The molecule has 0 saturated heterocycles. The van der Waals surface area contributed by atoms with E-state index in [4.69, 9.17) is 0 Å². The normalized spacial score (nSPS) is 11.8. The van der Waals surface area contributed by atoms with Crippen LogP contribution in [0.4, 0.5) is 0 Å². The number of nitrogens with zero attached hydrogens (tertiary/aromatic N) is 3. The Morgan fingerprint density at radius 2 is 1.12 bits per heavy atom. The lowest BCUT2D eigenvalue weighted by Crippen LogP contribution is -2.00. The Morgan fingerprint density at radius 1 is 0.529 bits per heavy atom. The molecule has 0 radical (unpaired) electrons. The number of aryl methyl sites for hydroxylation is 4. The van der Waals surface area contributed by atoms with Gasteiger partial charge in [-0.25, -0.2) is 0 Å². The number of hydrogen-bond acceptors (Lipinski definition) is 4. The van der Waals surface area contributed by atoms with E-state index in [0.717, 1.165) is 18.5 Å². The maximum Gasteiger partial charge on any atom is 0.123 e. The van der Waals surface area contributed by atoms with E-state index in [9.17, 15) is 0 Å². The van der Waals surface area contributed by atoms with E-state index in [1.54, 1.807) is 0 Å². The molecule has 0 atom stereocenters. The third-order valence-electron chi connectivity index (χ3n) is 10.7. The van der Waals surface area contributed by atoms with Gasteiger partial charge in [-0.15, -0.1) is 32.9 Å². The van der Waals surface area contributed by atoms with Gasteiger partial charge in [-0.05, 0) is 114 Å². The molecule has 4 aromatic carbocycles. The van der Waals surface area contributed by atoms with Gasteiger partial charge in [0.05, 0.1) is 9.40 Å². The highest BCUT2D eigenvalue weighted by atomic mass is 32.1. The largest absolute Gasteiger partial charge is 0.288 e. The van der Waals surface area contributed by atoms with Crippen molar-refractivity contribution in [3.05, 3.63) is 102 Å².